The number of nitrogens with zero attached hydrogens (tertiary/aromatic N) is 1. The van der Waals surface area contributed by atoms with Crippen molar-refractivity contribution in [2.24, 2.45) is 0 Å². The van der Waals surface area contributed by atoms with Gasteiger partial charge in [-0.15, -0.1) is 0 Å². The molecule has 1 aliphatic rings. The normalized spacial score (nSPS) is 20.3. The molecule has 0 unspecified atom stereocenters. The first-order valence-corrected chi connectivity index (χ1v) is 5.28. The number of amides is 2. The van der Waals surface area contributed by atoms with E-state index in [0.29, 0.717) is 13.1 Å². The van der Waals surface area contributed by atoms with Crippen LogP contribution in [0.2, 0.25) is 0 Å². The van der Waals surface area contributed by atoms with Crippen molar-refractivity contribution in [2.45, 2.75) is 39.3 Å². The van der Waals surface area contributed by atoms with Crippen molar-refractivity contribution in [1.29, 1.82) is 0 Å². The third kappa shape index (κ3) is 3.11. The van der Waals surface area contributed by atoms with Crippen molar-refractivity contribution < 1.29 is 14.3 Å². The van der Waals surface area contributed by atoms with E-state index in [-0.39, 0.29) is 30.6 Å². The van der Waals surface area contributed by atoms with Crippen molar-refractivity contribution >= 4 is 12.0 Å². The predicted molar refractivity (Wildman–Crippen MR) is 55.4 cm³/mol. The number of nitrogens with one attached hydrogen (secondary N) is 1. The third-order valence-corrected chi connectivity index (χ3v) is 2.41. The van der Waals surface area contributed by atoms with Gasteiger partial charge in [0.25, 0.3) is 0 Å². The Bertz CT molecular complexity index is 253. The summed E-state index contributed by atoms with van der Waals surface area (Å²) in [5.74, 6) is -0.0552. The predicted octanol–water partition coefficient (Wildman–Crippen LogP) is 0.742. The lowest BCUT2D eigenvalue weighted by molar-refractivity contribution is -0.119. The summed E-state index contributed by atoms with van der Waals surface area (Å²) in [6, 6.07) is 0.118. The lowest BCUT2D eigenvalue weighted by atomic mass is 10.3. The van der Waals surface area contributed by atoms with Gasteiger partial charge in [-0.2, -0.15) is 0 Å². The molecule has 1 fully saturated rings. The molecular weight excluding hydrogens is 196 g/mol. The van der Waals surface area contributed by atoms with E-state index in [1.54, 1.807) is 4.90 Å². The van der Waals surface area contributed by atoms with Crippen LogP contribution < -0.4 is 5.32 Å². The van der Waals surface area contributed by atoms with E-state index in [0.717, 1.165) is 0 Å². The molecule has 0 saturated carbocycles. The molecule has 0 bridgehead atoms. The van der Waals surface area contributed by atoms with Gasteiger partial charge in [0.05, 0.1) is 13.0 Å². The molecular formula is C10H18N2O3. The first-order valence-electron chi connectivity index (χ1n) is 5.28. The highest BCUT2D eigenvalue weighted by Crippen LogP contribution is 2.09. The lowest BCUT2D eigenvalue weighted by Gasteiger charge is -2.25. The second kappa shape index (κ2) is 5.00. The highest BCUT2D eigenvalue weighted by molar-refractivity contribution is 5.79. The molecule has 0 spiro atoms. The average Bonchev–Trinajstić information content (AvgIpc) is 2.51. The summed E-state index contributed by atoms with van der Waals surface area (Å²) in [5.41, 5.74) is 0. The Hall–Kier alpha value is -1.26. The molecule has 5 heteroatoms. The first-order chi connectivity index (χ1) is 7.04. The van der Waals surface area contributed by atoms with E-state index < -0.39 is 0 Å². The molecule has 15 heavy (non-hydrogen) atoms. The summed E-state index contributed by atoms with van der Waals surface area (Å²) in [7, 11) is 0. The van der Waals surface area contributed by atoms with E-state index in [1.165, 1.54) is 0 Å². The Labute approximate surface area is 89.8 Å². The van der Waals surface area contributed by atoms with Gasteiger partial charge in [0, 0.05) is 12.6 Å². The Kier molecular flexibility index (Phi) is 3.94. The molecule has 86 valence electrons. The molecule has 1 heterocycles. The fourth-order valence-corrected chi connectivity index (χ4v) is 1.58. The van der Waals surface area contributed by atoms with Crippen molar-refractivity contribution in [1.82, 2.24) is 10.2 Å². The van der Waals surface area contributed by atoms with E-state index in [4.69, 9.17) is 4.74 Å². The summed E-state index contributed by atoms with van der Waals surface area (Å²) in [6.45, 7) is 6.82. The average molecular weight is 214 g/mol. The SMILES string of the molecule is CCN(C(=O)O[C@@H]1CNC(=O)C1)C(C)C. The summed E-state index contributed by atoms with van der Waals surface area (Å²) in [5, 5.41) is 2.63. The van der Waals surface area contributed by atoms with Crippen LogP contribution in [0.15, 0.2) is 0 Å². The molecule has 1 aliphatic heterocycles. The maximum absolute atomic E-state index is 11.6. The minimum absolute atomic E-state index is 0.0552. The quantitative estimate of drug-likeness (QED) is 0.754. The number of carbonyl (C=O) groups is 2. The zero-order valence-corrected chi connectivity index (χ0v) is 9.45. The van der Waals surface area contributed by atoms with Crippen LogP contribution in [0, 0.1) is 0 Å². The molecule has 1 atom stereocenters. The Morgan fingerprint density at radius 3 is 2.73 bits per heavy atom. The zero-order chi connectivity index (χ0) is 11.4. The van der Waals surface area contributed by atoms with Gasteiger partial charge >= 0.3 is 6.09 Å². The van der Waals surface area contributed by atoms with E-state index in [2.05, 4.69) is 5.32 Å². The number of carbonyl (C=O) groups excluding carboxylic acids is 2. The van der Waals surface area contributed by atoms with Crippen LogP contribution in [0.25, 0.3) is 0 Å². The molecule has 1 saturated heterocycles. The van der Waals surface area contributed by atoms with Crippen LogP contribution in [0.4, 0.5) is 4.79 Å². The Balaban J connectivity index is 2.43. The van der Waals surface area contributed by atoms with Gasteiger partial charge in [-0.1, -0.05) is 0 Å². The van der Waals surface area contributed by atoms with Gasteiger partial charge in [-0.25, -0.2) is 4.79 Å². The molecule has 0 aromatic carbocycles. The molecule has 0 aliphatic carbocycles. The second-order valence-corrected chi connectivity index (χ2v) is 3.89. The molecule has 0 radical (unpaired) electrons. The van der Waals surface area contributed by atoms with Gasteiger partial charge in [-0.05, 0) is 20.8 Å². The van der Waals surface area contributed by atoms with Gasteiger partial charge in [-0.3, -0.25) is 4.79 Å². The van der Waals surface area contributed by atoms with E-state index in [9.17, 15) is 9.59 Å². The standard InChI is InChI=1S/C10H18N2O3/c1-4-12(7(2)3)10(14)15-8-5-9(13)11-6-8/h7-8H,4-6H2,1-3H3,(H,11,13)/t8-/m0/s1. The number of hydrogen-bond donors (Lipinski definition) is 1. The number of ether oxygens (including phenoxy) is 1. The minimum atomic E-state index is -0.339. The van der Waals surface area contributed by atoms with Gasteiger partial charge in [0.15, 0.2) is 0 Å². The summed E-state index contributed by atoms with van der Waals surface area (Å²) in [6.07, 6.45) is -0.367. The molecule has 2 amide bonds. The highest BCUT2D eigenvalue weighted by atomic mass is 16.6. The van der Waals surface area contributed by atoms with Crippen LogP contribution in [-0.2, 0) is 9.53 Å². The maximum Gasteiger partial charge on any atom is 0.410 e. The van der Waals surface area contributed by atoms with Crippen molar-refractivity contribution in [2.75, 3.05) is 13.1 Å². The summed E-state index contributed by atoms with van der Waals surface area (Å²) in [4.78, 5) is 24.2. The van der Waals surface area contributed by atoms with E-state index >= 15 is 0 Å². The molecule has 1 N–H and O–H groups in total. The fourth-order valence-electron chi connectivity index (χ4n) is 1.58. The maximum atomic E-state index is 11.6. The van der Waals surface area contributed by atoms with E-state index in [1.807, 2.05) is 20.8 Å². The summed E-state index contributed by atoms with van der Waals surface area (Å²) >= 11 is 0. The van der Waals surface area contributed by atoms with Gasteiger partial charge < -0.3 is 15.0 Å². The van der Waals surface area contributed by atoms with Crippen LogP contribution in [0.5, 0.6) is 0 Å². The molecule has 1 rings (SSSR count). The van der Waals surface area contributed by atoms with Crippen molar-refractivity contribution in [3.05, 3.63) is 0 Å². The topological polar surface area (TPSA) is 58.6 Å². The van der Waals surface area contributed by atoms with Crippen LogP contribution in [-0.4, -0.2) is 42.1 Å². The lowest BCUT2D eigenvalue weighted by Crippen LogP contribution is -2.39. The highest BCUT2D eigenvalue weighted by Gasteiger charge is 2.27. The van der Waals surface area contributed by atoms with Crippen molar-refractivity contribution in [3.63, 3.8) is 0 Å². The van der Waals surface area contributed by atoms with Crippen molar-refractivity contribution in [3.8, 4) is 0 Å². The third-order valence-electron chi connectivity index (χ3n) is 2.41. The van der Waals surface area contributed by atoms with Crippen LogP contribution in [0.1, 0.15) is 27.2 Å². The van der Waals surface area contributed by atoms with Crippen LogP contribution >= 0.6 is 0 Å². The molecule has 0 aromatic rings. The van der Waals surface area contributed by atoms with Crippen LogP contribution in [0.3, 0.4) is 0 Å². The molecule has 0 aromatic heterocycles. The number of hydrogen-bond acceptors (Lipinski definition) is 3. The largest absolute Gasteiger partial charge is 0.444 e. The Morgan fingerprint density at radius 2 is 2.33 bits per heavy atom. The summed E-state index contributed by atoms with van der Waals surface area (Å²) < 4.78 is 5.20. The van der Waals surface area contributed by atoms with Gasteiger partial charge in [0.2, 0.25) is 5.91 Å². The first kappa shape index (κ1) is 11.8. The minimum Gasteiger partial charge on any atom is -0.444 e. The zero-order valence-electron chi connectivity index (χ0n) is 9.45. The van der Waals surface area contributed by atoms with Gasteiger partial charge in [0.1, 0.15) is 6.10 Å². The smallest absolute Gasteiger partial charge is 0.410 e. The fraction of sp³-hybridized carbons (Fsp3) is 0.800. The molecule has 5 nitrogen and oxygen atoms in total. The number of rotatable bonds is 3. The second-order valence-electron chi connectivity index (χ2n) is 3.89. The monoisotopic (exact) mass is 214 g/mol. The Morgan fingerprint density at radius 1 is 1.67 bits per heavy atom.